The number of nitrogens with one attached hydrogen (secondary N) is 2. The van der Waals surface area contributed by atoms with Crippen molar-refractivity contribution >= 4 is 50.0 Å². The molecule has 1 aliphatic heterocycles. The van der Waals surface area contributed by atoms with Gasteiger partial charge in [-0.15, -0.1) is 0 Å². The fraction of sp³-hybridized carbons (Fsp3) is 0.364. The number of carbonyl (C=O) groups excluding carboxylic acids is 1. The van der Waals surface area contributed by atoms with Gasteiger partial charge >= 0.3 is 0 Å². The third kappa shape index (κ3) is 4.74. The first-order valence-corrected chi connectivity index (χ1v) is 12.3. The molecule has 1 saturated heterocycles. The molecule has 1 fully saturated rings. The van der Waals surface area contributed by atoms with Crippen molar-refractivity contribution in [2.75, 3.05) is 23.7 Å². The lowest BCUT2D eigenvalue weighted by molar-refractivity contribution is -0.116. The van der Waals surface area contributed by atoms with Crippen molar-refractivity contribution in [2.45, 2.75) is 44.0 Å². The summed E-state index contributed by atoms with van der Waals surface area (Å²) in [6, 6.07) is 9.16. The summed E-state index contributed by atoms with van der Waals surface area (Å²) < 4.78 is 32.9. The zero-order valence-corrected chi connectivity index (χ0v) is 19.5. The monoisotopic (exact) mass is 476 g/mol. The van der Waals surface area contributed by atoms with E-state index in [2.05, 4.69) is 15.6 Å². The summed E-state index contributed by atoms with van der Waals surface area (Å²) in [7, 11) is -3.63. The first-order chi connectivity index (χ1) is 15.2. The molecule has 4 rings (SSSR count). The lowest BCUT2D eigenvalue weighted by atomic mass is 10.2. The molecule has 0 saturated carbocycles. The molecule has 8 nitrogen and oxygen atoms in total. The molecule has 0 unspecified atom stereocenters. The number of piperidine rings is 1. The highest BCUT2D eigenvalue weighted by molar-refractivity contribution is 7.89. The van der Waals surface area contributed by atoms with Gasteiger partial charge in [0.15, 0.2) is 11.5 Å². The number of rotatable bonds is 6. The molecule has 0 radical (unpaired) electrons. The van der Waals surface area contributed by atoms with Crippen LogP contribution < -0.4 is 10.6 Å². The maximum atomic E-state index is 13.0. The predicted octanol–water partition coefficient (Wildman–Crippen LogP) is 4.40. The highest BCUT2D eigenvalue weighted by atomic mass is 35.5. The SMILES string of the molecule is Cc1nc2cc(N[C@@H](C)C(=O)Nc3cc(S(=O)(=O)N4CCCCC4)ccc3Cl)ccc2o1. The Labute approximate surface area is 192 Å². The molecule has 1 aliphatic rings. The molecule has 3 aromatic rings. The molecule has 1 amide bonds. The molecule has 2 N–H and O–H groups in total. The van der Waals surface area contributed by atoms with Crippen LogP contribution >= 0.6 is 11.6 Å². The van der Waals surface area contributed by atoms with Crippen molar-refractivity contribution in [2.24, 2.45) is 0 Å². The molecular formula is C22H25ClN4O4S. The van der Waals surface area contributed by atoms with E-state index in [1.807, 2.05) is 0 Å². The molecular weight excluding hydrogens is 452 g/mol. The number of oxazole rings is 1. The van der Waals surface area contributed by atoms with E-state index >= 15 is 0 Å². The lowest BCUT2D eigenvalue weighted by Crippen LogP contribution is -2.35. The lowest BCUT2D eigenvalue weighted by Gasteiger charge is -2.26. The smallest absolute Gasteiger partial charge is 0.246 e. The molecule has 2 aromatic carbocycles. The van der Waals surface area contributed by atoms with Crippen molar-refractivity contribution < 1.29 is 17.6 Å². The third-order valence-corrected chi connectivity index (χ3v) is 7.64. The van der Waals surface area contributed by atoms with Crippen LogP contribution in [0.3, 0.4) is 0 Å². The average Bonchev–Trinajstić information content (AvgIpc) is 3.15. The van der Waals surface area contributed by atoms with Crippen LogP contribution in [0.4, 0.5) is 11.4 Å². The van der Waals surface area contributed by atoms with Gasteiger partial charge in [0.2, 0.25) is 15.9 Å². The van der Waals surface area contributed by atoms with Crippen molar-refractivity contribution in [3.63, 3.8) is 0 Å². The minimum absolute atomic E-state index is 0.117. The Kier molecular flexibility index (Phi) is 6.41. The molecule has 0 aliphatic carbocycles. The molecule has 2 heterocycles. The van der Waals surface area contributed by atoms with E-state index in [0.717, 1.165) is 19.3 Å². The Hall–Kier alpha value is -2.62. The third-order valence-electron chi connectivity index (χ3n) is 5.42. The van der Waals surface area contributed by atoms with Gasteiger partial charge in [-0.05, 0) is 56.2 Å². The number of benzene rings is 2. The number of hydrogen-bond donors (Lipinski definition) is 2. The van der Waals surface area contributed by atoms with E-state index in [-0.39, 0.29) is 21.5 Å². The Bertz CT molecular complexity index is 1250. The summed E-state index contributed by atoms with van der Waals surface area (Å²) in [5.41, 5.74) is 2.33. The zero-order chi connectivity index (χ0) is 22.9. The minimum atomic E-state index is -3.63. The van der Waals surface area contributed by atoms with E-state index in [1.54, 1.807) is 32.0 Å². The molecule has 170 valence electrons. The van der Waals surface area contributed by atoms with E-state index in [1.165, 1.54) is 22.5 Å². The summed E-state index contributed by atoms with van der Waals surface area (Å²) in [5.74, 6) is 0.216. The van der Waals surface area contributed by atoms with Crippen molar-refractivity contribution in [1.82, 2.24) is 9.29 Å². The Morgan fingerprint density at radius 3 is 2.66 bits per heavy atom. The van der Waals surface area contributed by atoms with Crippen molar-refractivity contribution in [3.8, 4) is 0 Å². The number of halogens is 1. The topological polar surface area (TPSA) is 105 Å². The number of aromatic nitrogens is 1. The van der Waals surface area contributed by atoms with E-state index < -0.39 is 16.1 Å². The fourth-order valence-corrected chi connectivity index (χ4v) is 5.41. The first kappa shape index (κ1) is 22.6. The second-order valence-electron chi connectivity index (χ2n) is 7.88. The minimum Gasteiger partial charge on any atom is -0.441 e. The molecule has 1 aromatic heterocycles. The summed E-state index contributed by atoms with van der Waals surface area (Å²) in [6.07, 6.45) is 2.72. The van der Waals surface area contributed by atoms with E-state index in [4.69, 9.17) is 16.0 Å². The molecule has 0 spiro atoms. The van der Waals surface area contributed by atoms with Gasteiger partial charge in [-0.3, -0.25) is 4.79 Å². The number of carbonyl (C=O) groups is 1. The summed E-state index contributed by atoms with van der Waals surface area (Å²) >= 11 is 6.25. The second kappa shape index (κ2) is 9.09. The molecule has 1 atom stereocenters. The normalized spacial score (nSPS) is 16.1. The van der Waals surface area contributed by atoms with Crippen LogP contribution in [0.25, 0.3) is 11.1 Å². The van der Waals surface area contributed by atoms with Gasteiger partial charge in [0.25, 0.3) is 0 Å². The van der Waals surface area contributed by atoms with Crippen molar-refractivity contribution in [1.29, 1.82) is 0 Å². The largest absolute Gasteiger partial charge is 0.441 e. The van der Waals surface area contributed by atoms with Crippen LogP contribution in [-0.2, 0) is 14.8 Å². The highest BCUT2D eigenvalue weighted by Crippen LogP contribution is 2.28. The van der Waals surface area contributed by atoms with Crippen LogP contribution in [-0.4, -0.2) is 42.7 Å². The van der Waals surface area contributed by atoms with Crippen LogP contribution in [0.2, 0.25) is 5.02 Å². The van der Waals surface area contributed by atoms with Crippen molar-refractivity contribution in [3.05, 3.63) is 47.3 Å². The zero-order valence-electron chi connectivity index (χ0n) is 17.9. The first-order valence-electron chi connectivity index (χ1n) is 10.5. The summed E-state index contributed by atoms with van der Waals surface area (Å²) in [5, 5.41) is 6.12. The highest BCUT2D eigenvalue weighted by Gasteiger charge is 2.27. The van der Waals surface area contributed by atoms with Gasteiger partial charge in [-0.25, -0.2) is 13.4 Å². The fourth-order valence-electron chi connectivity index (χ4n) is 3.70. The van der Waals surface area contributed by atoms with Crippen LogP contribution in [0, 0.1) is 6.92 Å². The number of anilines is 2. The molecule has 32 heavy (non-hydrogen) atoms. The second-order valence-corrected chi connectivity index (χ2v) is 10.2. The van der Waals surface area contributed by atoms with Gasteiger partial charge in [0.1, 0.15) is 11.6 Å². The maximum Gasteiger partial charge on any atom is 0.246 e. The molecule has 0 bridgehead atoms. The summed E-state index contributed by atoms with van der Waals surface area (Å²) in [6.45, 7) is 4.48. The van der Waals surface area contributed by atoms with Crippen LogP contribution in [0.5, 0.6) is 0 Å². The standard InChI is InChI=1S/C22H25ClN4O4S/c1-14(24-16-6-9-21-20(12-16)25-15(2)31-21)22(28)26-19-13-17(7-8-18(19)23)32(29,30)27-10-4-3-5-11-27/h6-9,12-14,24H,3-5,10-11H2,1-2H3,(H,26,28)/t14-/m0/s1. The Morgan fingerprint density at radius 1 is 1.16 bits per heavy atom. The Morgan fingerprint density at radius 2 is 1.91 bits per heavy atom. The van der Waals surface area contributed by atoms with Gasteiger partial charge in [0, 0.05) is 25.7 Å². The van der Waals surface area contributed by atoms with Gasteiger partial charge in [-0.2, -0.15) is 4.31 Å². The number of nitrogens with zero attached hydrogens (tertiary/aromatic N) is 2. The maximum absolute atomic E-state index is 13.0. The quantitative estimate of drug-likeness (QED) is 0.546. The van der Waals surface area contributed by atoms with Crippen LogP contribution in [0.1, 0.15) is 32.1 Å². The van der Waals surface area contributed by atoms with Gasteiger partial charge < -0.3 is 15.1 Å². The van der Waals surface area contributed by atoms with Gasteiger partial charge in [0.05, 0.1) is 15.6 Å². The number of fused-ring (bicyclic) bond motifs is 1. The van der Waals surface area contributed by atoms with E-state index in [0.29, 0.717) is 35.8 Å². The number of hydrogen-bond acceptors (Lipinski definition) is 6. The number of aryl methyl sites for hydroxylation is 1. The Balaban J connectivity index is 1.48. The number of sulfonamides is 1. The van der Waals surface area contributed by atoms with Gasteiger partial charge in [-0.1, -0.05) is 18.0 Å². The summed E-state index contributed by atoms with van der Waals surface area (Å²) in [4.78, 5) is 17.2. The van der Waals surface area contributed by atoms with E-state index in [9.17, 15) is 13.2 Å². The molecule has 10 heteroatoms. The average molecular weight is 477 g/mol. The predicted molar refractivity (Wildman–Crippen MR) is 125 cm³/mol. The number of amides is 1. The van der Waals surface area contributed by atoms with Crippen LogP contribution in [0.15, 0.2) is 45.7 Å².